The van der Waals surface area contributed by atoms with Crippen molar-refractivity contribution >= 4 is 11.6 Å². The molecule has 1 aromatic rings. The van der Waals surface area contributed by atoms with E-state index in [0.717, 1.165) is 36.0 Å². The van der Waals surface area contributed by atoms with Crippen LogP contribution in [0.15, 0.2) is 0 Å². The summed E-state index contributed by atoms with van der Waals surface area (Å²) < 4.78 is 0. The molecule has 1 atom stereocenters. The van der Waals surface area contributed by atoms with E-state index in [1.165, 1.54) is 0 Å². The summed E-state index contributed by atoms with van der Waals surface area (Å²) in [7, 11) is 0. The highest BCUT2D eigenvalue weighted by molar-refractivity contribution is 5.58. The second-order valence-electron chi connectivity index (χ2n) is 5.22. The van der Waals surface area contributed by atoms with Gasteiger partial charge in [-0.25, -0.2) is 15.8 Å². The minimum atomic E-state index is 0.280. The van der Waals surface area contributed by atoms with Crippen molar-refractivity contribution in [2.75, 3.05) is 16.9 Å². The van der Waals surface area contributed by atoms with Gasteiger partial charge in [0, 0.05) is 24.1 Å². The van der Waals surface area contributed by atoms with Crippen LogP contribution in [-0.4, -0.2) is 22.6 Å². The maximum Gasteiger partial charge on any atom is 0.148 e. The Balaban J connectivity index is 3.34. The molecule has 5 nitrogen and oxygen atoms in total. The van der Waals surface area contributed by atoms with E-state index in [9.17, 15) is 0 Å². The minimum Gasteiger partial charge on any atom is -0.354 e. The van der Waals surface area contributed by atoms with Gasteiger partial charge in [0.25, 0.3) is 0 Å². The maximum absolute atomic E-state index is 5.58. The molecule has 0 aliphatic rings. The van der Waals surface area contributed by atoms with Crippen LogP contribution < -0.4 is 16.2 Å². The van der Waals surface area contributed by atoms with Crippen molar-refractivity contribution in [2.45, 2.75) is 59.9 Å². The molecule has 0 fully saturated rings. The second-order valence-corrected chi connectivity index (χ2v) is 5.22. The summed E-state index contributed by atoms with van der Waals surface area (Å²) in [4.78, 5) is 11.5. The molecule has 0 saturated carbocycles. The first-order chi connectivity index (χ1) is 8.96. The molecule has 0 radical (unpaired) electrons. The number of nitrogens with zero attached hydrogens (tertiary/aromatic N) is 3. The SMILES string of the molecule is CCC(C)N(CC)c1nc(C(C)C)nc(NN)c1C. The van der Waals surface area contributed by atoms with Gasteiger partial charge in [-0.05, 0) is 27.2 Å². The van der Waals surface area contributed by atoms with E-state index >= 15 is 0 Å². The van der Waals surface area contributed by atoms with Crippen LogP contribution in [0.3, 0.4) is 0 Å². The van der Waals surface area contributed by atoms with Gasteiger partial charge in [0.1, 0.15) is 17.5 Å². The summed E-state index contributed by atoms with van der Waals surface area (Å²) in [6.07, 6.45) is 1.08. The average molecular weight is 265 g/mol. The molecule has 19 heavy (non-hydrogen) atoms. The van der Waals surface area contributed by atoms with Crippen LogP contribution in [0.1, 0.15) is 58.3 Å². The molecular formula is C14H27N5. The molecule has 0 saturated heterocycles. The van der Waals surface area contributed by atoms with Gasteiger partial charge in [-0.2, -0.15) is 0 Å². The van der Waals surface area contributed by atoms with Gasteiger partial charge in [0.05, 0.1) is 0 Å². The lowest BCUT2D eigenvalue weighted by Crippen LogP contribution is -2.34. The molecule has 1 unspecified atom stereocenters. The Morgan fingerprint density at radius 3 is 2.26 bits per heavy atom. The number of anilines is 2. The van der Waals surface area contributed by atoms with Gasteiger partial charge in [-0.3, -0.25) is 0 Å². The molecule has 5 heteroatoms. The molecule has 0 aromatic carbocycles. The second kappa shape index (κ2) is 6.70. The normalized spacial score (nSPS) is 12.6. The third-order valence-electron chi connectivity index (χ3n) is 3.53. The number of nitrogens with two attached hydrogens (primary N) is 1. The number of rotatable bonds is 6. The zero-order valence-corrected chi connectivity index (χ0v) is 13.0. The number of aromatic nitrogens is 2. The highest BCUT2D eigenvalue weighted by Gasteiger charge is 2.19. The summed E-state index contributed by atoms with van der Waals surface area (Å²) in [6.45, 7) is 13.7. The molecule has 1 aromatic heterocycles. The van der Waals surface area contributed by atoms with Crippen LogP contribution in [0.2, 0.25) is 0 Å². The summed E-state index contributed by atoms with van der Waals surface area (Å²) in [6, 6.07) is 0.448. The molecule has 108 valence electrons. The molecule has 1 rings (SSSR count). The fourth-order valence-corrected chi connectivity index (χ4v) is 2.09. The van der Waals surface area contributed by atoms with Gasteiger partial charge in [-0.1, -0.05) is 20.8 Å². The van der Waals surface area contributed by atoms with Crippen LogP contribution in [0.5, 0.6) is 0 Å². The first-order valence-corrected chi connectivity index (χ1v) is 7.07. The number of hydrogen-bond acceptors (Lipinski definition) is 5. The van der Waals surface area contributed by atoms with E-state index in [1.807, 2.05) is 6.92 Å². The first kappa shape index (κ1) is 15.7. The molecule has 0 bridgehead atoms. The fraction of sp³-hybridized carbons (Fsp3) is 0.714. The summed E-state index contributed by atoms with van der Waals surface area (Å²) >= 11 is 0. The Labute approximate surface area is 116 Å². The molecule has 0 aliphatic heterocycles. The zero-order chi connectivity index (χ0) is 14.6. The number of hydrazine groups is 1. The van der Waals surface area contributed by atoms with E-state index in [0.29, 0.717) is 6.04 Å². The largest absolute Gasteiger partial charge is 0.354 e. The first-order valence-electron chi connectivity index (χ1n) is 7.07. The van der Waals surface area contributed by atoms with Crippen molar-refractivity contribution in [3.8, 4) is 0 Å². The molecule has 0 amide bonds. The molecule has 1 heterocycles. The monoisotopic (exact) mass is 265 g/mol. The zero-order valence-electron chi connectivity index (χ0n) is 13.0. The fourth-order valence-electron chi connectivity index (χ4n) is 2.09. The summed E-state index contributed by atoms with van der Waals surface area (Å²) in [5, 5.41) is 0. The lowest BCUT2D eigenvalue weighted by Gasteiger charge is -2.30. The lowest BCUT2D eigenvalue weighted by atomic mass is 10.1. The van der Waals surface area contributed by atoms with E-state index < -0.39 is 0 Å². The molecular weight excluding hydrogens is 238 g/mol. The number of hydrogen-bond donors (Lipinski definition) is 2. The van der Waals surface area contributed by atoms with Crippen molar-refractivity contribution in [1.82, 2.24) is 9.97 Å². The highest BCUT2D eigenvalue weighted by atomic mass is 15.3. The third-order valence-corrected chi connectivity index (χ3v) is 3.53. The van der Waals surface area contributed by atoms with Crippen LogP contribution in [0.4, 0.5) is 11.6 Å². The molecule has 3 N–H and O–H groups in total. The van der Waals surface area contributed by atoms with Crippen LogP contribution >= 0.6 is 0 Å². The summed E-state index contributed by atoms with van der Waals surface area (Å²) in [5.74, 6) is 8.40. The molecule has 0 spiro atoms. The Morgan fingerprint density at radius 2 is 1.84 bits per heavy atom. The third kappa shape index (κ3) is 3.35. The van der Waals surface area contributed by atoms with E-state index in [2.05, 4.69) is 49.9 Å². The average Bonchev–Trinajstić information content (AvgIpc) is 2.40. The van der Waals surface area contributed by atoms with Crippen LogP contribution in [0, 0.1) is 6.92 Å². The predicted octanol–water partition coefficient (Wildman–Crippen LogP) is 2.82. The van der Waals surface area contributed by atoms with Crippen LogP contribution in [0.25, 0.3) is 0 Å². The lowest BCUT2D eigenvalue weighted by molar-refractivity contribution is 0.616. The minimum absolute atomic E-state index is 0.280. The van der Waals surface area contributed by atoms with E-state index in [-0.39, 0.29) is 5.92 Å². The van der Waals surface area contributed by atoms with Crippen LogP contribution in [-0.2, 0) is 0 Å². The quantitative estimate of drug-likeness (QED) is 0.611. The molecule has 0 aliphatic carbocycles. The van der Waals surface area contributed by atoms with Crippen molar-refractivity contribution < 1.29 is 0 Å². The Morgan fingerprint density at radius 1 is 1.21 bits per heavy atom. The Bertz CT molecular complexity index is 417. The number of nitrogen functional groups attached to an aromatic ring is 1. The van der Waals surface area contributed by atoms with Crippen molar-refractivity contribution in [1.29, 1.82) is 0 Å². The standard InChI is InChI=1S/C14H27N5/c1-7-10(5)19(8-2)14-11(6)13(18-15)16-12(17-14)9(3)4/h9-10H,7-8,15H2,1-6H3,(H,16,17,18). The van der Waals surface area contributed by atoms with Crippen molar-refractivity contribution in [3.63, 3.8) is 0 Å². The van der Waals surface area contributed by atoms with E-state index in [1.54, 1.807) is 0 Å². The topological polar surface area (TPSA) is 67.1 Å². The number of nitrogens with one attached hydrogen (secondary N) is 1. The maximum atomic E-state index is 5.58. The van der Waals surface area contributed by atoms with Gasteiger partial charge in [0.15, 0.2) is 0 Å². The van der Waals surface area contributed by atoms with Crippen molar-refractivity contribution in [2.24, 2.45) is 5.84 Å². The van der Waals surface area contributed by atoms with Gasteiger partial charge < -0.3 is 10.3 Å². The van der Waals surface area contributed by atoms with Gasteiger partial charge >= 0.3 is 0 Å². The van der Waals surface area contributed by atoms with Gasteiger partial charge in [-0.15, -0.1) is 0 Å². The smallest absolute Gasteiger partial charge is 0.148 e. The Kier molecular flexibility index (Phi) is 5.54. The van der Waals surface area contributed by atoms with E-state index in [4.69, 9.17) is 10.8 Å². The summed E-state index contributed by atoms with van der Waals surface area (Å²) in [5.41, 5.74) is 3.70. The van der Waals surface area contributed by atoms with Crippen molar-refractivity contribution in [3.05, 3.63) is 11.4 Å². The Hall–Kier alpha value is -1.36. The predicted molar refractivity (Wildman–Crippen MR) is 81.4 cm³/mol. The highest BCUT2D eigenvalue weighted by Crippen LogP contribution is 2.27. The van der Waals surface area contributed by atoms with Gasteiger partial charge in [0.2, 0.25) is 0 Å².